The first kappa shape index (κ1) is 14.3. The number of carboxylic acids is 1. The van der Waals surface area contributed by atoms with Crippen LogP contribution in [0, 0.1) is 0 Å². The van der Waals surface area contributed by atoms with Gasteiger partial charge in [-0.15, -0.1) is 0 Å². The summed E-state index contributed by atoms with van der Waals surface area (Å²) < 4.78 is 4.34. The van der Waals surface area contributed by atoms with Crippen LogP contribution in [0.4, 0.5) is 0 Å². The van der Waals surface area contributed by atoms with Crippen molar-refractivity contribution in [3.8, 4) is 0 Å². The molecule has 0 aromatic heterocycles. The molecule has 0 spiro atoms. The maximum Gasteiger partial charge on any atom is 0.335 e. The maximum absolute atomic E-state index is 10.4. The molecule has 0 aliphatic carbocycles. The molecular weight excluding hydrogens is 207 g/mol. The Morgan fingerprint density at radius 1 is 1.00 bits per heavy atom. The first-order valence-electron chi connectivity index (χ1n) is 3.55. The summed E-state index contributed by atoms with van der Waals surface area (Å²) in [6, 6.07) is 0. The predicted octanol–water partition coefficient (Wildman–Crippen LogP) is -3.51. The Morgan fingerprint density at radius 3 is 1.93 bits per heavy atom. The SMILES string of the molecule is O=C(O)[C@@H]1O[C@@H](O)[C@@H](O)[C@@H](O)[C@@H]1O.[Na]. The van der Waals surface area contributed by atoms with E-state index in [9.17, 15) is 4.79 Å². The van der Waals surface area contributed by atoms with E-state index in [4.69, 9.17) is 25.5 Å². The summed E-state index contributed by atoms with van der Waals surface area (Å²) in [5.74, 6) is -1.52. The van der Waals surface area contributed by atoms with Crippen LogP contribution in [0.25, 0.3) is 0 Å². The molecule has 5 atom stereocenters. The zero-order chi connectivity index (χ0) is 10.2. The number of rotatable bonds is 1. The molecule has 8 heteroatoms. The zero-order valence-corrected chi connectivity index (χ0v) is 9.44. The van der Waals surface area contributed by atoms with Crippen LogP contribution < -0.4 is 0 Å². The van der Waals surface area contributed by atoms with Crippen molar-refractivity contribution < 1.29 is 35.1 Å². The van der Waals surface area contributed by atoms with Crippen LogP contribution in [-0.2, 0) is 9.53 Å². The number of ether oxygens (including phenoxy) is 1. The fourth-order valence-electron chi connectivity index (χ4n) is 1.07. The molecule has 5 N–H and O–H groups in total. The number of aliphatic carboxylic acids is 1. The van der Waals surface area contributed by atoms with E-state index in [1.54, 1.807) is 0 Å². The Hall–Kier alpha value is 0.270. The van der Waals surface area contributed by atoms with E-state index in [0.717, 1.165) is 0 Å². The van der Waals surface area contributed by atoms with E-state index in [2.05, 4.69) is 4.74 Å². The fourth-order valence-corrected chi connectivity index (χ4v) is 1.07. The molecule has 1 saturated heterocycles. The van der Waals surface area contributed by atoms with E-state index in [0.29, 0.717) is 0 Å². The molecule has 0 saturated carbocycles. The van der Waals surface area contributed by atoms with E-state index in [-0.39, 0.29) is 29.6 Å². The van der Waals surface area contributed by atoms with Gasteiger partial charge in [-0.05, 0) is 0 Å². The van der Waals surface area contributed by atoms with Crippen molar-refractivity contribution in [2.24, 2.45) is 0 Å². The van der Waals surface area contributed by atoms with Crippen molar-refractivity contribution in [3.63, 3.8) is 0 Å². The minimum absolute atomic E-state index is 0. The first-order valence-corrected chi connectivity index (χ1v) is 3.55. The average Bonchev–Trinajstić information content (AvgIpc) is 2.07. The number of carbonyl (C=O) groups is 1. The number of hydrogen-bond acceptors (Lipinski definition) is 6. The minimum atomic E-state index is -1.81. The van der Waals surface area contributed by atoms with Gasteiger partial charge in [0.25, 0.3) is 0 Å². The molecule has 1 fully saturated rings. The molecule has 77 valence electrons. The minimum Gasteiger partial charge on any atom is -0.479 e. The molecule has 1 aliphatic heterocycles. The summed E-state index contributed by atoms with van der Waals surface area (Å²) >= 11 is 0. The number of carboxylic acid groups (broad SMARTS) is 1. The van der Waals surface area contributed by atoms with Crippen LogP contribution in [0.5, 0.6) is 0 Å². The van der Waals surface area contributed by atoms with Crippen molar-refractivity contribution in [2.45, 2.75) is 30.7 Å². The summed E-state index contributed by atoms with van der Waals surface area (Å²) in [6.45, 7) is 0. The van der Waals surface area contributed by atoms with Crippen molar-refractivity contribution in [1.82, 2.24) is 0 Å². The van der Waals surface area contributed by atoms with Crippen molar-refractivity contribution >= 4 is 35.5 Å². The Morgan fingerprint density at radius 2 is 1.50 bits per heavy atom. The van der Waals surface area contributed by atoms with Crippen molar-refractivity contribution in [3.05, 3.63) is 0 Å². The summed E-state index contributed by atoms with van der Waals surface area (Å²) in [5, 5.41) is 44.4. The van der Waals surface area contributed by atoms with Crippen LogP contribution in [-0.4, -0.2) is 91.8 Å². The zero-order valence-electron chi connectivity index (χ0n) is 7.44. The van der Waals surface area contributed by atoms with Crippen LogP contribution >= 0.6 is 0 Å². The van der Waals surface area contributed by atoms with Gasteiger partial charge in [0.05, 0.1) is 0 Å². The molecule has 0 bridgehead atoms. The molecule has 1 heterocycles. The van der Waals surface area contributed by atoms with Crippen LogP contribution in [0.3, 0.4) is 0 Å². The quantitative estimate of drug-likeness (QED) is 0.288. The smallest absolute Gasteiger partial charge is 0.335 e. The van der Waals surface area contributed by atoms with Gasteiger partial charge in [-0.1, -0.05) is 0 Å². The number of aliphatic hydroxyl groups excluding tert-OH is 4. The van der Waals surface area contributed by atoms with E-state index in [1.165, 1.54) is 0 Å². The Balaban J connectivity index is 0.00000169. The molecular formula is C6H10NaO7. The Bertz CT molecular complexity index is 210. The standard InChI is InChI=1S/C6H10O7.Na/c7-1-2(8)4(5(10)11)13-6(12)3(1)9;/h1-4,6-9,12H,(H,10,11);/t1-,2-,3-,4+,6+;/m0./s1. The van der Waals surface area contributed by atoms with Crippen LogP contribution in [0.2, 0.25) is 0 Å². The summed E-state index contributed by atoms with van der Waals surface area (Å²) in [7, 11) is 0. The van der Waals surface area contributed by atoms with Crippen LogP contribution in [0.1, 0.15) is 0 Å². The topological polar surface area (TPSA) is 127 Å². The third-order valence-electron chi connectivity index (χ3n) is 1.83. The number of hydrogen-bond donors (Lipinski definition) is 5. The largest absolute Gasteiger partial charge is 0.479 e. The van der Waals surface area contributed by atoms with Gasteiger partial charge in [0.2, 0.25) is 0 Å². The molecule has 0 aromatic carbocycles. The third-order valence-corrected chi connectivity index (χ3v) is 1.83. The van der Waals surface area contributed by atoms with Gasteiger partial charge >= 0.3 is 5.97 Å². The fraction of sp³-hybridized carbons (Fsp3) is 0.833. The van der Waals surface area contributed by atoms with Crippen molar-refractivity contribution in [1.29, 1.82) is 0 Å². The van der Waals surface area contributed by atoms with Gasteiger partial charge < -0.3 is 30.3 Å². The van der Waals surface area contributed by atoms with Crippen molar-refractivity contribution in [2.75, 3.05) is 0 Å². The second kappa shape index (κ2) is 5.38. The summed E-state index contributed by atoms with van der Waals surface area (Å²) in [6.07, 6.45) is -8.72. The van der Waals surface area contributed by atoms with Crippen LogP contribution in [0.15, 0.2) is 0 Å². The van der Waals surface area contributed by atoms with Gasteiger partial charge in [-0.2, -0.15) is 0 Å². The summed E-state index contributed by atoms with van der Waals surface area (Å²) in [5.41, 5.74) is 0. The monoisotopic (exact) mass is 217 g/mol. The number of aliphatic hydroxyl groups is 4. The molecule has 0 aromatic rings. The summed E-state index contributed by atoms with van der Waals surface area (Å²) in [4.78, 5) is 10.4. The van der Waals surface area contributed by atoms with E-state index >= 15 is 0 Å². The van der Waals surface area contributed by atoms with E-state index in [1.807, 2.05) is 0 Å². The first-order chi connectivity index (χ1) is 5.95. The Kier molecular flexibility index (Phi) is 5.48. The maximum atomic E-state index is 10.4. The normalized spacial score (nSPS) is 42.7. The molecule has 14 heavy (non-hydrogen) atoms. The van der Waals surface area contributed by atoms with E-state index < -0.39 is 36.7 Å². The molecule has 7 nitrogen and oxygen atoms in total. The predicted molar refractivity (Wildman–Crippen MR) is 42.3 cm³/mol. The second-order valence-corrected chi connectivity index (χ2v) is 2.76. The van der Waals surface area contributed by atoms with Gasteiger partial charge in [-0.25, -0.2) is 4.79 Å². The third kappa shape index (κ3) is 2.65. The second-order valence-electron chi connectivity index (χ2n) is 2.76. The molecule has 1 rings (SSSR count). The van der Waals surface area contributed by atoms with Gasteiger partial charge in [0.15, 0.2) is 12.4 Å². The van der Waals surface area contributed by atoms with Gasteiger partial charge in [-0.3, -0.25) is 0 Å². The Labute approximate surface area is 101 Å². The molecule has 0 unspecified atom stereocenters. The molecule has 1 radical (unpaired) electrons. The van der Waals surface area contributed by atoms with Gasteiger partial charge in [0, 0.05) is 29.6 Å². The molecule has 0 amide bonds. The van der Waals surface area contributed by atoms with Gasteiger partial charge in [0.1, 0.15) is 18.3 Å². The average molecular weight is 217 g/mol. The molecule has 1 aliphatic rings.